The number of fused-ring (bicyclic) bond motifs is 7. The van der Waals surface area contributed by atoms with Gasteiger partial charge >= 0.3 is 5.40 Å². The first-order valence-corrected chi connectivity index (χ1v) is 26.1. The fourth-order valence-corrected chi connectivity index (χ4v) is 25.7. The molecule has 0 amide bonds. The highest BCUT2D eigenvalue weighted by Gasteiger charge is 2.60. The maximum atomic E-state index is 2.85. The van der Waals surface area contributed by atoms with E-state index < -0.39 is 7.94 Å². The minimum absolute atomic E-state index is 0.138. The summed E-state index contributed by atoms with van der Waals surface area (Å²) in [5, 5.41) is 12.8. The van der Waals surface area contributed by atoms with Gasteiger partial charge in [0, 0.05) is 0 Å². The van der Waals surface area contributed by atoms with Gasteiger partial charge in [-0.2, -0.15) is 0 Å². The maximum Gasteiger partial charge on any atom is 0.320 e. The largest absolute Gasteiger partial charge is 0.383 e. The highest BCUT2D eigenvalue weighted by atomic mass is 32.2. The van der Waals surface area contributed by atoms with Gasteiger partial charge in [0.25, 0.3) is 22.4 Å². The standard InChI is InChI=1S/C48H36B5NS4Si/c1-6-20-37(21-7-1)49-54-50(38-22-8-2-9-23-38)56-53(58-52(54)57-51(55-49)39-24-10-3-11-25-39)59(40-26-12-4-13-27-40,41-28-14-5-15-29-41)42-34-35-47-45-32-17-16-30-43(45)44-31-18-19-33-46(44)48(47)36-42/h1-36H. The van der Waals surface area contributed by atoms with Crippen LogP contribution in [0.4, 0.5) is 0 Å². The van der Waals surface area contributed by atoms with Gasteiger partial charge in [0.05, 0.1) is 0 Å². The van der Waals surface area contributed by atoms with Crippen molar-refractivity contribution >= 4 is 146 Å². The lowest BCUT2D eigenvalue weighted by Gasteiger charge is -2.51. The molecule has 2 aliphatic heterocycles. The van der Waals surface area contributed by atoms with Crippen LogP contribution in [0.25, 0.3) is 32.3 Å². The number of benzene rings is 9. The molecule has 9 aromatic carbocycles. The summed E-state index contributed by atoms with van der Waals surface area (Å²) >= 11 is 8.64. The third-order valence-corrected chi connectivity index (χ3v) is 25.4. The van der Waals surface area contributed by atoms with Crippen LogP contribution in [-0.4, -0.2) is 40.4 Å². The molecule has 59 heavy (non-hydrogen) atoms. The molecule has 9 aromatic rings. The summed E-state index contributed by atoms with van der Waals surface area (Å²) in [6.45, 7) is 0. The zero-order valence-corrected chi connectivity index (χ0v) is 36.5. The van der Waals surface area contributed by atoms with E-state index in [1.165, 1.54) is 64.3 Å². The molecule has 0 aromatic heterocycles. The van der Waals surface area contributed by atoms with Gasteiger partial charge in [-0.25, -0.2) is 45.9 Å². The highest BCUT2D eigenvalue weighted by molar-refractivity contribution is 8.90. The Labute approximate surface area is 366 Å². The first-order chi connectivity index (χ1) is 29.3. The van der Waals surface area contributed by atoms with Gasteiger partial charge in [-0.05, 0) is 32.3 Å². The lowest BCUT2D eigenvalue weighted by atomic mass is 9.62. The quantitative estimate of drug-likeness (QED) is 0.0897. The first kappa shape index (κ1) is 37.6. The van der Waals surface area contributed by atoms with Crippen molar-refractivity contribution in [2.45, 2.75) is 0 Å². The fourth-order valence-electron chi connectivity index (χ4n) is 9.34. The Balaban J connectivity index is 1.17. The lowest BCUT2D eigenvalue weighted by Crippen LogP contribution is -2.78. The van der Waals surface area contributed by atoms with E-state index >= 15 is 0 Å². The van der Waals surface area contributed by atoms with E-state index in [0.717, 1.165) is 0 Å². The van der Waals surface area contributed by atoms with Crippen LogP contribution in [-0.2, 0) is 0 Å². The van der Waals surface area contributed by atoms with Crippen LogP contribution >= 0.6 is 45.9 Å². The highest BCUT2D eigenvalue weighted by Crippen LogP contribution is 2.48. The molecule has 0 atom stereocenters. The second-order valence-electron chi connectivity index (χ2n) is 15.3. The molecule has 276 valence electrons. The van der Waals surface area contributed by atoms with Gasteiger partial charge in [-0.15, -0.1) is 0 Å². The molecule has 11 heteroatoms. The molecule has 2 fully saturated rings. The predicted molar refractivity (Wildman–Crippen MR) is 276 cm³/mol. The molecule has 0 spiro atoms. The van der Waals surface area contributed by atoms with Crippen molar-refractivity contribution in [1.82, 2.24) is 4.63 Å². The van der Waals surface area contributed by atoms with Crippen molar-refractivity contribution in [3.8, 4) is 0 Å². The SMILES string of the molecule is c1ccc(B2SB3SB([Si](c4ccccc4)(c4ccccc4)c4ccc5c6ccccc6c6ccccc6c5c4)SB(c4ccccc4)N3B(c3ccccc3)S2)cc1. The zero-order valence-electron chi connectivity index (χ0n) is 32.3. The summed E-state index contributed by atoms with van der Waals surface area (Å²) in [6.07, 6.45) is 0.322. The summed E-state index contributed by atoms with van der Waals surface area (Å²) in [7, 11) is -2.87. The second-order valence-corrected chi connectivity index (χ2v) is 25.7. The molecular weight excluding hydrogens is 801 g/mol. The van der Waals surface area contributed by atoms with Gasteiger partial charge < -0.3 is 4.63 Å². The number of rotatable bonds is 7. The van der Waals surface area contributed by atoms with Crippen molar-refractivity contribution in [1.29, 1.82) is 0 Å². The van der Waals surface area contributed by atoms with Crippen molar-refractivity contribution in [3.63, 3.8) is 0 Å². The third-order valence-electron chi connectivity index (χ3n) is 12.0. The van der Waals surface area contributed by atoms with Crippen LogP contribution in [0.2, 0.25) is 0 Å². The number of hydrogen-bond acceptors (Lipinski definition) is 5. The summed E-state index contributed by atoms with van der Waals surface area (Å²) in [4.78, 5) is 0.242. The Morgan fingerprint density at radius 3 is 1.24 bits per heavy atom. The average Bonchev–Trinajstić information content (AvgIpc) is 3.33. The zero-order chi connectivity index (χ0) is 39.2. The van der Waals surface area contributed by atoms with Crippen LogP contribution in [0.15, 0.2) is 218 Å². The van der Waals surface area contributed by atoms with E-state index in [9.17, 15) is 0 Å². The minimum Gasteiger partial charge on any atom is -0.383 e. The maximum absolute atomic E-state index is 2.87. The minimum atomic E-state index is -2.87. The third kappa shape index (κ3) is 6.66. The van der Waals surface area contributed by atoms with Gasteiger partial charge in [0.1, 0.15) is 7.94 Å². The Hall–Kier alpha value is -4.34. The molecule has 2 saturated heterocycles. The summed E-state index contributed by atoms with van der Waals surface area (Å²) in [5.41, 5.74) is 4.12. The van der Waals surface area contributed by atoms with Crippen LogP contribution in [0.5, 0.6) is 0 Å². The Kier molecular flexibility index (Phi) is 10.4. The molecule has 0 aliphatic carbocycles. The number of hydrogen-bond donors (Lipinski definition) is 0. The second kappa shape index (κ2) is 16.3. The smallest absolute Gasteiger partial charge is 0.320 e. The molecule has 1 nitrogen and oxygen atoms in total. The van der Waals surface area contributed by atoms with Crippen molar-refractivity contribution in [2.75, 3.05) is 0 Å². The molecule has 2 heterocycles. The van der Waals surface area contributed by atoms with Crippen molar-refractivity contribution in [2.24, 2.45) is 0 Å². The Morgan fingerprint density at radius 2 is 0.729 bits per heavy atom. The monoisotopic (exact) mass is 837 g/mol. The fraction of sp³-hybridized carbons (Fsp3) is 0. The van der Waals surface area contributed by atoms with E-state index in [2.05, 4.69) is 269 Å². The molecule has 0 N–H and O–H groups in total. The molecular formula is C48H36B5NS4Si. The first-order valence-electron chi connectivity index (χ1n) is 20.3. The Morgan fingerprint density at radius 1 is 0.322 bits per heavy atom. The van der Waals surface area contributed by atoms with Gasteiger partial charge in [-0.1, -0.05) is 250 Å². The normalized spacial score (nSPS) is 14.9. The van der Waals surface area contributed by atoms with Gasteiger partial charge in [-0.3, -0.25) is 0 Å². The van der Waals surface area contributed by atoms with Crippen molar-refractivity contribution in [3.05, 3.63) is 218 Å². The molecule has 0 saturated carbocycles. The molecule has 0 unspecified atom stereocenters. The molecule has 11 rings (SSSR count). The molecule has 0 bridgehead atoms. The van der Waals surface area contributed by atoms with E-state index in [4.69, 9.17) is 0 Å². The Bertz CT molecular complexity index is 2830. The van der Waals surface area contributed by atoms with E-state index in [1.807, 2.05) is 0 Å². The summed E-state index contributed by atoms with van der Waals surface area (Å²) in [5.74, 6) is 0. The topological polar surface area (TPSA) is 3.24 Å². The van der Waals surface area contributed by atoms with Gasteiger partial charge in [0.2, 0.25) is 0 Å². The molecule has 0 radical (unpaired) electrons. The predicted octanol–water partition coefficient (Wildman–Crippen LogP) is 8.62. The van der Waals surface area contributed by atoms with E-state index in [1.54, 1.807) is 0 Å². The van der Waals surface area contributed by atoms with Crippen molar-refractivity contribution < 1.29 is 0 Å². The van der Waals surface area contributed by atoms with Crippen LogP contribution in [0.3, 0.4) is 0 Å². The summed E-state index contributed by atoms with van der Waals surface area (Å²) in [6, 6.07) is 82.6. The average molecular weight is 837 g/mol. The van der Waals surface area contributed by atoms with Crippen LogP contribution in [0.1, 0.15) is 0 Å². The van der Waals surface area contributed by atoms with Crippen LogP contribution < -0.4 is 31.9 Å². The molecule has 2 aliphatic rings. The van der Waals surface area contributed by atoms with E-state index in [0.29, 0.717) is 5.27 Å². The van der Waals surface area contributed by atoms with Gasteiger partial charge in [0.15, 0.2) is 0 Å². The lowest BCUT2D eigenvalue weighted by molar-refractivity contribution is 1.11. The number of nitrogens with zero attached hydrogens (tertiary/aromatic N) is 1. The van der Waals surface area contributed by atoms with Crippen LogP contribution in [0, 0.1) is 0 Å². The summed E-state index contributed by atoms with van der Waals surface area (Å²) < 4.78 is 2.85. The van der Waals surface area contributed by atoms with E-state index in [-0.39, 0.29) is 22.5 Å².